The van der Waals surface area contributed by atoms with Gasteiger partial charge in [-0.2, -0.15) is 0 Å². The van der Waals surface area contributed by atoms with Crippen molar-refractivity contribution in [3.63, 3.8) is 0 Å². The van der Waals surface area contributed by atoms with Crippen molar-refractivity contribution in [1.82, 2.24) is 4.98 Å². The van der Waals surface area contributed by atoms with Crippen LogP contribution in [0.25, 0.3) is 10.8 Å². The molecule has 0 saturated carbocycles. The van der Waals surface area contributed by atoms with Crippen LogP contribution >= 0.6 is 10.7 Å². The van der Waals surface area contributed by atoms with Crippen molar-refractivity contribution in [1.29, 1.82) is 0 Å². The van der Waals surface area contributed by atoms with Crippen molar-refractivity contribution in [3.8, 4) is 0 Å². The van der Waals surface area contributed by atoms with Gasteiger partial charge in [0.05, 0.1) is 5.75 Å². The van der Waals surface area contributed by atoms with Gasteiger partial charge >= 0.3 is 0 Å². The summed E-state index contributed by atoms with van der Waals surface area (Å²) in [6.07, 6.45) is 3.33. The first-order chi connectivity index (χ1) is 7.06. The smallest absolute Gasteiger partial charge is 0.236 e. The van der Waals surface area contributed by atoms with E-state index in [9.17, 15) is 8.42 Å². The Kier molecular flexibility index (Phi) is 2.63. The highest BCUT2D eigenvalue weighted by molar-refractivity contribution is 8.13. The zero-order chi connectivity index (χ0) is 10.9. The normalized spacial score (nSPS) is 11.8. The third-order valence-electron chi connectivity index (χ3n) is 2.10. The third kappa shape index (κ3) is 2.46. The highest BCUT2D eigenvalue weighted by Crippen LogP contribution is 2.20. The zero-order valence-corrected chi connectivity index (χ0v) is 9.29. The van der Waals surface area contributed by atoms with Gasteiger partial charge in [-0.05, 0) is 17.0 Å². The van der Waals surface area contributed by atoms with E-state index >= 15 is 0 Å². The first kappa shape index (κ1) is 10.4. The lowest BCUT2D eigenvalue weighted by Gasteiger charge is -2.03. The topological polar surface area (TPSA) is 47.0 Å². The van der Waals surface area contributed by atoms with Crippen molar-refractivity contribution in [2.24, 2.45) is 0 Å². The van der Waals surface area contributed by atoms with Gasteiger partial charge in [-0.25, -0.2) is 8.42 Å². The molecule has 1 aromatic heterocycles. The molecule has 0 aliphatic rings. The first-order valence-electron chi connectivity index (χ1n) is 4.30. The SMILES string of the molecule is O=S(=O)(Cl)Cc1cccc2cnccc12. The maximum atomic E-state index is 11.0. The van der Waals surface area contributed by atoms with E-state index in [1.807, 2.05) is 6.07 Å². The minimum Gasteiger partial charge on any atom is -0.264 e. The van der Waals surface area contributed by atoms with Gasteiger partial charge in [0.25, 0.3) is 0 Å². The number of hydrogen-bond acceptors (Lipinski definition) is 3. The zero-order valence-electron chi connectivity index (χ0n) is 7.72. The first-order valence-corrected chi connectivity index (χ1v) is 6.78. The number of rotatable bonds is 2. The highest BCUT2D eigenvalue weighted by Gasteiger charge is 2.09. The minimum atomic E-state index is -3.52. The Balaban J connectivity index is 2.61. The number of pyridine rings is 1. The predicted molar refractivity (Wildman–Crippen MR) is 60.2 cm³/mol. The lowest BCUT2D eigenvalue weighted by atomic mass is 10.1. The lowest BCUT2D eigenvalue weighted by Crippen LogP contribution is -1.95. The van der Waals surface area contributed by atoms with Crippen LogP contribution in [-0.2, 0) is 14.8 Å². The van der Waals surface area contributed by atoms with Crippen molar-refractivity contribution in [2.75, 3.05) is 0 Å². The molecule has 15 heavy (non-hydrogen) atoms. The largest absolute Gasteiger partial charge is 0.264 e. The molecule has 0 bridgehead atoms. The van der Waals surface area contributed by atoms with Gasteiger partial charge in [-0.1, -0.05) is 18.2 Å². The maximum Gasteiger partial charge on any atom is 0.236 e. The molecule has 0 aliphatic carbocycles. The van der Waals surface area contributed by atoms with Crippen LogP contribution in [0.4, 0.5) is 0 Å². The number of benzene rings is 1. The third-order valence-corrected chi connectivity index (χ3v) is 3.08. The summed E-state index contributed by atoms with van der Waals surface area (Å²) in [6.45, 7) is 0. The van der Waals surface area contributed by atoms with E-state index in [-0.39, 0.29) is 5.75 Å². The van der Waals surface area contributed by atoms with E-state index in [2.05, 4.69) is 4.98 Å². The fraction of sp³-hybridized carbons (Fsp3) is 0.100. The van der Waals surface area contributed by atoms with Crippen LogP contribution in [0.3, 0.4) is 0 Å². The van der Waals surface area contributed by atoms with Crippen molar-refractivity contribution in [3.05, 3.63) is 42.2 Å². The molecule has 2 aromatic rings. The van der Waals surface area contributed by atoms with Gasteiger partial charge < -0.3 is 0 Å². The van der Waals surface area contributed by atoms with E-state index in [0.717, 1.165) is 10.8 Å². The number of halogens is 1. The van der Waals surface area contributed by atoms with Crippen LogP contribution in [0.5, 0.6) is 0 Å². The van der Waals surface area contributed by atoms with Crippen molar-refractivity contribution >= 4 is 30.5 Å². The highest BCUT2D eigenvalue weighted by atomic mass is 35.7. The fourth-order valence-electron chi connectivity index (χ4n) is 1.50. The summed E-state index contributed by atoms with van der Waals surface area (Å²) in [5.74, 6) is -0.157. The Morgan fingerprint density at radius 2 is 2.07 bits per heavy atom. The van der Waals surface area contributed by atoms with Gasteiger partial charge in [0.2, 0.25) is 9.05 Å². The minimum absolute atomic E-state index is 0.157. The molecule has 78 valence electrons. The molecule has 0 aliphatic heterocycles. The molecule has 0 unspecified atom stereocenters. The van der Waals surface area contributed by atoms with Crippen LogP contribution in [0.2, 0.25) is 0 Å². The summed E-state index contributed by atoms with van der Waals surface area (Å²) >= 11 is 0. The summed E-state index contributed by atoms with van der Waals surface area (Å²) in [5, 5.41) is 1.78. The quantitative estimate of drug-likeness (QED) is 0.758. The fourth-order valence-corrected chi connectivity index (χ4v) is 2.48. The Morgan fingerprint density at radius 1 is 1.27 bits per heavy atom. The van der Waals surface area contributed by atoms with E-state index in [1.165, 1.54) is 0 Å². The number of fused-ring (bicyclic) bond motifs is 1. The summed E-state index contributed by atoms with van der Waals surface area (Å²) < 4.78 is 22.0. The summed E-state index contributed by atoms with van der Waals surface area (Å²) in [4.78, 5) is 3.97. The van der Waals surface area contributed by atoms with E-state index < -0.39 is 9.05 Å². The van der Waals surface area contributed by atoms with Crippen LogP contribution in [0.15, 0.2) is 36.7 Å². The molecule has 0 radical (unpaired) electrons. The standard InChI is InChI=1S/C10H8ClNO2S/c11-15(13,14)7-9-3-1-2-8-6-12-5-4-10(8)9/h1-6H,7H2. The Bertz CT molecular complexity index is 590. The molecule has 1 aromatic carbocycles. The second-order valence-corrected chi connectivity index (χ2v) is 5.97. The van der Waals surface area contributed by atoms with Gasteiger partial charge in [0, 0.05) is 28.5 Å². The van der Waals surface area contributed by atoms with Crippen LogP contribution in [0, 0.1) is 0 Å². The number of aromatic nitrogens is 1. The Labute approximate surface area is 92.1 Å². The summed E-state index contributed by atoms with van der Waals surface area (Å²) in [6, 6.07) is 7.21. The van der Waals surface area contributed by atoms with Crippen LogP contribution in [0.1, 0.15) is 5.56 Å². The molecule has 0 fully saturated rings. The molecule has 3 nitrogen and oxygen atoms in total. The Morgan fingerprint density at radius 3 is 2.80 bits per heavy atom. The monoisotopic (exact) mass is 241 g/mol. The molecule has 0 spiro atoms. The summed E-state index contributed by atoms with van der Waals surface area (Å²) in [7, 11) is 1.71. The average molecular weight is 242 g/mol. The molecule has 2 rings (SSSR count). The predicted octanol–water partition coefficient (Wildman–Crippen LogP) is 2.30. The van der Waals surface area contributed by atoms with Gasteiger partial charge in [-0.3, -0.25) is 4.98 Å². The van der Waals surface area contributed by atoms with Crippen molar-refractivity contribution < 1.29 is 8.42 Å². The number of hydrogen-bond donors (Lipinski definition) is 0. The molecule has 0 amide bonds. The van der Waals surface area contributed by atoms with E-state index in [1.54, 1.807) is 30.6 Å². The Hall–Kier alpha value is -1.13. The molecular weight excluding hydrogens is 234 g/mol. The molecular formula is C10H8ClNO2S. The molecule has 1 heterocycles. The van der Waals surface area contributed by atoms with Crippen LogP contribution < -0.4 is 0 Å². The van der Waals surface area contributed by atoms with Gasteiger partial charge in [0.15, 0.2) is 0 Å². The van der Waals surface area contributed by atoms with Crippen molar-refractivity contribution in [2.45, 2.75) is 5.75 Å². The van der Waals surface area contributed by atoms with E-state index in [4.69, 9.17) is 10.7 Å². The average Bonchev–Trinajstić information content (AvgIpc) is 2.16. The number of nitrogens with zero attached hydrogens (tertiary/aromatic N) is 1. The second-order valence-electron chi connectivity index (χ2n) is 3.20. The maximum absolute atomic E-state index is 11.0. The summed E-state index contributed by atoms with van der Waals surface area (Å²) in [5.41, 5.74) is 0.699. The van der Waals surface area contributed by atoms with E-state index in [0.29, 0.717) is 5.56 Å². The van der Waals surface area contributed by atoms with Gasteiger partial charge in [0.1, 0.15) is 0 Å². The molecule has 0 N–H and O–H groups in total. The second kappa shape index (κ2) is 3.79. The molecule has 0 saturated heterocycles. The van der Waals surface area contributed by atoms with Gasteiger partial charge in [-0.15, -0.1) is 0 Å². The van der Waals surface area contributed by atoms with Crippen LogP contribution in [-0.4, -0.2) is 13.4 Å². The lowest BCUT2D eigenvalue weighted by molar-refractivity contribution is 0.609. The molecule has 5 heteroatoms. The molecule has 0 atom stereocenters.